The van der Waals surface area contributed by atoms with E-state index in [9.17, 15) is 0 Å². The van der Waals surface area contributed by atoms with Crippen molar-refractivity contribution in [2.75, 3.05) is 0 Å². The van der Waals surface area contributed by atoms with E-state index in [4.69, 9.17) is 25.3 Å². The van der Waals surface area contributed by atoms with Crippen molar-refractivity contribution in [2.24, 2.45) is 0 Å². The quantitative estimate of drug-likeness (QED) is 0.379. The van der Waals surface area contributed by atoms with Gasteiger partial charge in [-0.2, -0.15) is 0 Å². The van der Waals surface area contributed by atoms with Crippen molar-refractivity contribution in [3.05, 3.63) is 95.8 Å². The SMILES string of the molecule is [2H]c1c([2H])c(-c2c([2H])c([2H])c([2H])c3c([2H])c([2H])c([2H])c(-c4ccccc4)c23)c([2H])c([2H])c1Cl. The molecule has 0 N–H and O–H groups in total. The van der Waals surface area contributed by atoms with Crippen LogP contribution in [0.1, 0.15) is 13.7 Å². The van der Waals surface area contributed by atoms with Crippen LogP contribution in [0.4, 0.5) is 0 Å². The summed E-state index contributed by atoms with van der Waals surface area (Å²) in [6.45, 7) is 0. The third-order valence-electron chi connectivity index (χ3n) is 3.41. The second kappa shape index (κ2) is 5.91. The molecule has 0 amide bonds. The van der Waals surface area contributed by atoms with Crippen LogP contribution in [0.3, 0.4) is 0 Å². The number of benzene rings is 4. The molecule has 0 fully saturated rings. The third-order valence-corrected chi connectivity index (χ3v) is 3.60. The summed E-state index contributed by atoms with van der Waals surface area (Å²) in [7, 11) is 0. The molecular formula is C22H15Cl. The van der Waals surface area contributed by atoms with Gasteiger partial charge in [0.1, 0.15) is 0 Å². The smallest absolute Gasteiger partial charge is 0.0639 e. The molecule has 4 rings (SSSR count). The third kappa shape index (κ3) is 2.62. The van der Waals surface area contributed by atoms with Crippen LogP contribution >= 0.6 is 11.6 Å². The molecule has 0 aliphatic heterocycles. The Bertz CT molecular complexity index is 1430. The minimum atomic E-state index is -0.589. The van der Waals surface area contributed by atoms with E-state index in [1.54, 1.807) is 30.3 Å². The Balaban J connectivity index is 2.40. The molecule has 0 saturated heterocycles. The van der Waals surface area contributed by atoms with Crippen molar-refractivity contribution in [1.82, 2.24) is 0 Å². The van der Waals surface area contributed by atoms with Crippen LogP contribution in [0.5, 0.6) is 0 Å². The molecule has 110 valence electrons. The molecular weight excluding hydrogens is 300 g/mol. The van der Waals surface area contributed by atoms with Gasteiger partial charge in [-0.25, -0.2) is 0 Å². The highest BCUT2D eigenvalue weighted by molar-refractivity contribution is 6.30. The maximum absolute atomic E-state index is 8.60. The molecule has 0 nitrogen and oxygen atoms in total. The molecule has 4 aromatic rings. The first-order valence-corrected chi connectivity index (χ1v) is 7.23. The first-order chi connectivity index (χ1) is 15.5. The number of fused-ring (bicyclic) bond motifs is 1. The molecule has 0 unspecified atom stereocenters. The van der Waals surface area contributed by atoms with E-state index in [-0.39, 0.29) is 33.5 Å². The molecule has 0 spiro atoms. The van der Waals surface area contributed by atoms with Crippen molar-refractivity contribution in [3.63, 3.8) is 0 Å². The van der Waals surface area contributed by atoms with Crippen LogP contribution in [-0.2, 0) is 0 Å². The van der Waals surface area contributed by atoms with E-state index in [0.717, 1.165) is 0 Å². The van der Waals surface area contributed by atoms with Crippen LogP contribution in [0.15, 0.2) is 90.8 Å². The molecule has 0 aliphatic carbocycles. The van der Waals surface area contributed by atoms with Gasteiger partial charge in [-0.05, 0) is 45.1 Å². The first-order valence-electron chi connectivity index (χ1n) is 11.8. The Hall–Kier alpha value is -2.57. The van der Waals surface area contributed by atoms with Gasteiger partial charge < -0.3 is 0 Å². The van der Waals surface area contributed by atoms with Crippen molar-refractivity contribution in [1.29, 1.82) is 0 Å². The fourth-order valence-corrected chi connectivity index (χ4v) is 2.49. The lowest BCUT2D eigenvalue weighted by molar-refractivity contribution is 1.62. The molecule has 0 heterocycles. The van der Waals surface area contributed by atoms with Gasteiger partial charge >= 0.3 is 0 Å². The molecule has 4 aromatic carbocycles. The lowest BCUT2D eigenvalue weighted by Crippen LogP contribution is -1.86. The summed E-state index contributed by atoms with van der Waals surface area (Å²) in [4.78, 5) is 0. The minimum absolute atomic E-state index is 0.0127. The average Bonchev–Trinajstić information content (AvgIpc) is 2.81. The Morgan fingerprint density at radius 3 is 1.91 bits per heavy atom. The summed E-state index contributed by atoms with van der Waals surface area (Å²) in [6, 6.07) is 3.37. The highest BCUT2D eigenvalue weighted by atomic mass is 35.5. The van der Waals surface area contributed by atoms with E-state index < -0.39 is 59.4 Å². The Kier molecular flexibility index (Phi) is 1.77. The Labute approximate surface area is 155 Å². The van der Waals surface area contributed by atoms with Crippen LogP contribution < -0.4 is 0 Å². The molecule has 0 aromatic heterocycles. The van der Waals surface area contributed by atoms with Crippen LogP contribution in [-0.4, -0.2) is 0 Å². The summed E-state index contributed by atoms with van der Waals surface area (Å²) in [5.74, 6) is 0. The number of hydrogen-bond acceptors (Lipinski definition) is 0. The zero-order valence-corrected chi connectivity index (χ0v) is 12.5. The summed E-state index contributed by atoms with van der Waals surface area (Å²) >= 11 is 5.95. The largest absolute Gasteiger partial charge is 0.0843 e. The van der Waals surface area contributed by atoms with Gasteiger partial charge in [0.25, 0.3) is 0 Å². The van der Waals surface area contributed by atoms with Gasteiger partial charge in [-0.15, -0.1) is 0 Å². The normalized spacial score (nSPS) is 16.9. The average molecular weight is 325 g/mol. The molecule has 0 aliphatic rings. The maximum atomic E-state index is 8.60. The van der Waals surface area contributed by atoms with E-state index >= 15 is 0 Å². The van der Waals surface area contributed by atoms with Gasteiger partial charge in [0.05, 0.1) is 13.7 Å². The maximum Gasteiger partial charge on any atom is 0.0639 e. The number of hydrogen-bond donors (Lipinski definition) is 0. The molecule has 0 atom stereocenters. The summed E-state index contributed by atoms with van der Waals surface area (Å²) in [6.07, 6.45) is 0. The molecule has 0 bridgehead atoms. The van der Waals surface area contributed by atoms with E-state index in [1.807, 2.05) is 0 Å². The van der Waals surface area contributed by atoms with Crippen LogP contribution in [0.2, 0.25) is 5.02 Å². The van der Waals surface area contributed by atoms with Crippen molar-refractivity contribution >= 4 is 22.4 Å². The van der Waals surface area contributed by atoms with Gasteiger partial charge in [-0.1, -0.05) is 90.3 Å². The zero-order chi connectivity index (χ0) is 24.4. The predicted octanol–water partition coefficient (Wildman–Crippen LogP) is 6.83. The molecule has 0 radical (unpaired) electrons. The van der Waals surface area contributed by atoms with Crippen molar-refractivity contribution in [2.45, 2.75) is 0 Å². The minimum Gasteiger partial charge on any atom is -0.0843 e. The summed E-state index contributed by atoms with van der Waals surface area (Å²) < 4.78 is 83.7. The molecule has 0 saturated carbocycles. The number of halogens is 1. The standard InChI is InChI=1S/C22H15Cl/c23-19-14-12-17(13-15-19)21-11-5-9-18-8-4-10-20(22(18)21)16-6-2-1-3-7-16/h1-15H/i4D,5D,8D,9D,10D,11D,12D,13D,14D,15D. The van der Waals surface area contributed by atoms with E-state index in [1.165, 1.54) is 0 Å². The summed E-state index contributed by atoms with van der Waals surface area (Å²) in [5, 5.41) is -0.578. The van der Waals surface area contributed by atoms with Crippen molar-refractivity contribution in [3.8, 4) is 22.3 Å². The Morgan fingerprint density at radius 1 is 0.652 bits per heavy atom. The summed E-state index contributed by atoms with van der Waals surface area (Å²) in [5.41, 5.74) is 0.0329. The van der Waals surface area contributed by atoms with Crippen LogP contribution in [0.25, 0.3) is 33.0 Å². The van der Waals surface area contributed by atoms with E-state index in [2.05, 4.69) is 0 Å². The molecule has 23 heavy (non-hydrogen) atoms. The second-order valence-electron chi connectivity index (χ2n) is 4.81. The van der Waals surface area contributed by atoms with Gasteiger partial charge in [0.15, 0.2) is 0 Å². The van der Waals surface area contributed by atoms with E-state index in [0.29, 0.717) is 5.56 Å². The number of rotatable bonds is 2. The fourth-order valence-electron chi connectivity index (χ4n) is 2.40. The second-order valence-corrected chi connectivity index (χ2v) is 5.18. The van der Waals surface area contributed by atoms with Crippen LogP contribution in [0, 0.1) is 0 Å². The Morgan fingerprint density at radius 2 is 1.26 bits per heavy atom. The lowest BCUT2D eigenvalue weighted by Gasteiger charge is -2.12. The topological polar surface area (TPSA) is 0 Å². The highest BCUT2D eigenvalue weighted by Gasteiger charge is 2.09. The zero-order valence-electron chi connectivity index (χ0n) is 21.8. The van der Waals surface area contributed by atoms with Gasteiger partial charge in [0, 0.05) is 5.02 Å². The monoisotopic (exact) mass is 324 g/mol. The van der Waals surface area contributed by atoms with Crippen molar-refractivity contribution < 1.29 is 13.7 Å². The molecule has 1 heteroatoms. The predicted molar refractivity (Wildman–Crippen MR) is 99.8 cm³/mol. The lowest BCUT2D eigenvalue weighted by atomic mass is 9.91. The first kappa shape index (κ1) is 6.90. The van der Waals surface area contributed by atoms with Gasteiger partial charge in [-0.3, -0.25) is 0 Å². The highest BCUT2D eigenvalue weighted by Crippen LogP contribution is 2.36. The fraction of sp³-hybridized carbons (Fsp3) is 0. The van der Waals surface area contributed by atoms with Gasteiger partial charge in [0.2, 0.25) is 0 Å².